The average Bonchev–Trinajstić information content (AvgIpc) is 3.76. The smallest absolute Gasteiger partial charge is 0.434 e. The van der Waals surface area contributed by atoms with Crippen molar-refractivity contribution in [3.8, 4) is 23.0 Å². The number of aromatic carboxylic acids is 1. The zero-order valence-corrected chi connectivity index (χ0v) is 24.1. The van der Waals surface area contributed by atoms with Crippen LogP contribution in [0, 0.1) is 5.92 Å². The van der Waals surface area contributed by atoms with E-state index in [0.717, 1.165) is 44.3 Å². The number of ether oxygens (including phenoxy) is 1. The number of benzene rings is 2. The SMILES string of the molecule is O=C(O)c1cnn(-c2nccc(-c3cccc(Cl)c3OCc3ccc(C4CCN(C(=O)C5CC5)CC4)cc3)n2)c1C(F)(F)F. The number of alkyl halides is 3. The fourth-order valence-corrected chi connectivity index (χ4v) is 5.68. The average molecular weight is 626 g/mol. The molecule has 1 aliphatic heterocycles. The number of carbonyl (C=O) groups is 2. The van der Waals surface area contributed by atoms with Gasteiger partial charge in [0.15, 0.2) is 5.69 Å². The maximum absolute atomic E-state index is 13.8. The molecule has 1 saturated heterocycles. The van der Waals surface area contributed by atoms with Crippen molar-refractivity contribution in [3.63, 3.8) is 0 Å². The summed E-state index contributed by atoms with van der Waals surface area (Å²) in [5.74, 6) is -1.04. The molecule has 2 aliphatic rings. The number of halogens is 4. The van der Waals surface area contributed by atoms with Crippen LogP contribution in [-0.4, -0.2) is 54.7 Å². The normalized spacial score (nSPS) is 15.8. The molecule has 0 bridgehead atoms. The third-order valence-corrected chi connectivity index (χ3v) is 8.21. The first kappa shape index (κ1) is 29.6. The van der Waals surface area contributed by atoms with Crippen LogP contribution >= 0.6 is 11.6 Å². The molecule has 0 radical (unpaired) electrons. The first-order valence-corrected chi connectivity index (χ1v) is 14.5. The molecule has 228 valence electrons. The molecule has 3 heterocycles. The maximum atomic E-state index is 13.8. The van der Waals surface area contributed by atoms with E-state index in [1.54, 1.807) is 18.2 Å². The first-order valence-electron chi connectivity index (χ1n) is 14.1. The van der Waals surface area contributed by atoms with Gasteiger partial charge in [-0.15, -0.1) is 0 Å². The van der Waals surface area contributed by atoms with Gasteiger partial charge in [0.25, 0.3) is 5.95 Å². The molecule has 0 atom stereocenters. The van der Waals surface area contributed by atoms with E-state index in [-0.39, 0.29) is 29.0 Å². The quantitative estimate of drug-likeness (QED) is 0.241. The van der Waals surface area contributed by atoms with Gasteiger partial charge in [0, 0.05) is 30.8 Å². The molecule has 1 saturated carbocycles. The van der Waals surface area contributed by atoms with E-state index >= 15 is 0 Å². The number of para-hydroxylation sites is 1. The number of carbonyl (C=O) groups excluding carboxylic acids is 1. The van der Waals surface area contributed by atoms with E-state index in [9.17, 15) is 27.9 Å². The van der Waals surface area contributed by atoms with Gasteiger partial charge in [-0.05, 0) is 60.9 Å². The highest BCUT2D eigenvalue weighted by Crippen LogP contribution is 2.38. The van der Waals surface area contributed by atoms with Crippen molar-refractivity contribution in [2.24, 2.45) is 5.92 Å². The maximum Gasteiger partial charge on any atom is 0.434 e. The Labute approximate surface area is 255 Å². The summed E-state index contributed by atoms with van der Waals surface area (Å²) in [6, 6.07) is 14.5. The van der Waals surface area contributed by atoms with Gasteiger partial charge >= 0.3 is 12.1 Å². The van der Waals surface area contributed by atoms with Gasteiger partial charge in [0.2, 0.25) is 5.91 Å². The number of likely N-dealkylation sites (tertiary alicyclic amines) is 1. The highest BCUT2D eigenvalue weighted by molar-refractivity contribution is 6.32. The standard InChI is InChI=1S/C31H27ClF3N5O4/c32-24-3-1-2-22(25-10-13-36-30(38-25)40-27(31(33,34)35)23(16-37-40)29(42)43)26(24)44-17-18-4-6-19(7-5-18)20-11-14-39(15-12-20)28(41)21-8-9-21/h1-7,10,13,16,20-21H,8-9,11-12,14-15,17H2,(H,42,43). The lowest BCUT2D eigenvalue weighted by atomic mass is 9.89. The Bertz CT molecular complexity index is 1700. The third kappa shape index (κ3) is 6.12. The summed E-state index contributed by atoms with van der Waals surface area (Å²) in [5, 5.41) is 13.1. The number of aromatic nitrogens is 4. The Morgan fingerprint density at radius 1 is 1.02 bits per heavy atom. The molecular formula is C31H27ClF3N5O4. The Morgan fingerprint density at radius 3 is 2.41 bits per heavy atom. The van der Waals surface area contributed by atoms with Crippen molar-refractivity contribution in [2.45, 2.75) is 44.4 Å². The van der Waals surface area contributed by atoms with Crippen LogP contribution in [0.5, 0.6) is 5.75 Å². The van der Waals surface area contributed by atoms with Crippen LogP contribution in [0.25, 0.3) is 17.2 Å². The van der Waals surface area contributed by atoms with Crippen molar-refractivity contribution in [1.82, 2.24) is 24.6 Å². The molecule has 1 aliphatic carbocycles. The van der Waals surface area contributed by atoms with E-state index in [1.807, 2.05) is 17.0 Å². The summed E-state index contributed by atoms with van der Waals surface area (Å²) >= 11 is 6.48. The summed E-state index contributed by atoms with van der Waals surface area (Å²) in [7, 11) is 0. The van der Waals surface area contributed by atoms with Crippen LogP contribution in [0.15, 0.2) is 60.9 Å². The predicted octanol–water partition coefficient (Wildman–Crippen LogP) is 6.39. The van der Waals surface area contributed by atoms with Crippen molar-refractivity contribution >= 4 is 23.5 Å². The van der Waals surface area contributed by atoms with Crippen LogP contribution in [-0.2, 0) is 17.6 Å². The minimum absolute atomic E-state index is 0.169. The molecular weight excluding hydrogens is 599 g/mol. The van der Waals surface area contributed by atoms with Crippen LogP contribution in [0.2, 0.25) is 5.02 Å². The zero-order chi connectivity index (χ0) is 31.0. The highest BCUT2D eigenvalue weighted by Gasteiger charge is 2.41. The molecule has 9 nitrogen and oxygen atoms in total. The molecule has 4 aromatic rings. The minimum Gasteiger partial charge on any atom is -0.487 e. The van der Waals surface area contributed by atoms with Crippen LogP contribution in [0.1, 0.15) is 58.8 Å². The predicted molar refractivity (Wildman–Crippen MR) is 154 cm³/mol. The number of carboxylic acid groups (broad SMARTS) is 1. The van der Waals surface area contributed by atoms with Crippen LogP contribution in [0.3, 0.4) is 0 Å². The topological polar surface area (TPSA) is 110 Å². The minimum atomic E-state index is -5.02. The van der Waals surface area contributed by atoms with Crippen molar-refractivity contribution in [2.75, 3.05) is 13.1 Å². The summed E-state index contributed by atoms with van der Waals surface area (Å²) in [6.45, 7) is 1.73. The van der Waals surface area contributed by atoms with Crippen LogP contribution in [0.4, 0.5) is 13.2 Å². The highest BCUT2D eigenvalue weighted by atomic mass is 35.5. The second-order valence-electron chi connectivity index (χ2n) is 10.9. The van der Waals surface area contributed by atoms with E-state index in [1.165, 1.54) is 17.8 Å². The van der Waals surface area contributed by atoms with Crippen molar-refractivity contribution in [1.29, 1.82) is 0 Å². The summed E-state index contributed by atoms with van der Waals surface area (Å²) in [4.78, 5) is 33.9. The molecule has 6 rings (SSSR count). The van der Waals surface area contributed by atoms with Gasteiger partial charge in [0.05, 0.1) is 16.9 Å². The lowest BCUT2D eigenvalue weighted by Crippen LogP contribution is -2.38. The van der Waals surface area contributed by atoms with Crippen molar-refractivity contribution in [3.05, 3.63) is 88.3 Å². The van der Waals surface area contributed by atoms with Gasteiger partial charge in [-0.3, -0.25) is 4.79 Å². The second-order valence-corrected chi connectivity index (χ2v) is 11.3. The van der Waals surface area contributed by atoms with Crippen LogP contribution < -0.4 is 4.74 Å². The summed E-state index contributed by atoms with van der Waals surface area (Å²) in [5.41, 5.74) is 0.197. The van der Waals surface area contributed by atoms with Gasteiger partial charge in [-0.1, -0.05) is 41.9 Å². The molecule has 2 aromatic carbocycles. The van der Waals surface area contributed by atoms with E-state index in [2.05, 4.69) is 27.2 Å². The van der Waals surface area contributed by atoms with E-state index < -0.39 is 29.4 Å². The monoisotopic (exact) mass is 625 g/mol. The second kappa shape index (κ2) is 11.9. The molecule has 1 amide bonds. The van der Waals surface area contributed by atoms with E-state index in [0.29, 0.717) is 28.3 Å². The fraction of sp³-hybridized carbons (Fsp3) is 0.323. The number of hydrogen-bond acceptors (Lipinski definition) is 6. The van der Waals surface area contributed by atoms with E-state index in [4.69, 9.17) is 16.3 Å². The number of nitrogens with zero attached hydrogens (tertiary/aromatic N) is 5. The molecule has 2 fully saturated rings. The molecule has 1 N–H and O–H groups in total. The lowest BCUT2D eigenvalue weighted by Gasteiger charge is -2.32. The first-order chi connectivity index (χ1) is 21.1. The summed E-state index contributed by atoms with van der Waals surface area (Å²) in [6.07, 6.45) is 0.728. The number of hydrogen-bond donors (Lipinski definition) is 1. The Morgan fingerprint density at radius 2 is 1.75 bits per heavy atom. The lowest BCUT2D eigenvalue weighted by molar-refractivity contribution is -0.143. The summed E-state index contributed by atoms with van der Waals surface area (Å²) < 4.78 is 47.7. The molecule has 44 heavy (non-hydrogen) atoms. The van der Waals surface area contributed by atoms with Crippen molar-refractivity contribution < 1.29 is 32.6 Å². The number of rotatable bonds is 8. The fourth-order valence-electron chi connectivity index (χ4n) is 5.45. The zero-order valence-electron chi connectivity index (χ0n) is 23.3. The Kier molecular flexibility index (Phi) is 8.02. The Hall–Kier alpha value is -4.45. The van der Waals surface area contributed by atoms with Gasteiger partial charge in [0.1, 0.15) is 17.9 Å². The molecule has 2 aromatic heterocycles. The van der Waals surface area contributed by atoms with Gasteiger partial charge in [-0.2, -0.15) is 23.0 Å². The van der Waals surface area contributed by atoms with Gasteiger partial charge in [-0.25, -0.2) is 14.8 Å². The molecule has 13 heteroatoms. The largest absolute Gasteiger partial charge is 0.487 e. The molecule has 0 spiro atoms. The Balaban J connectivity index is 1.18. The molecule has 0 unspecified atom stereocenters. The number of carboxylic acids is 1. The van der Waals surface area contributed by atoms with Gasteiger partial charge < -0.3 is 14.7 Å². The number of amides is 1. The third-order valence-electron chi connectivity index (χ3n) is 7.91. The number of piperidine rings is 1.